The van der Waals surface area contributed by atoms with Crippen LogP contribution in [0.3, 0.4) is 0 Å². The standard InChI is InChI=1S/C14H12N6O2/c1-2-10(22)18-8-3-7(4-9(21)5-8)12-11-13(15)16-6-17-14(11)20-19-12/h2-6,21H,1H2,(H,18,22)(H3,15,16,17,19,20). The second-order valence-electron chi connectivity index (χ2n) is 4.52. The minimum Gasteiger partial charge on any atom is -0.508 e. The molecule has 0 spiro atoms. The molecular weight excluding hydrogens is 284 g/mol. The Hall–Kier alpha value is -3.42. The van der Waals surface area contributed by atoms with Crippen molar-refractivity contribution < 1.29 is 9.90 Å². The molecule has 8 heteroatoms. The lowest BCUT2D eigenvalue weighted by atomic mass is 10.1. The van der Waals surface area contributed by atoms with Crippen LogP contribution >= 0.6 is 0 Å². The minimum atomic E-state index is -0.383. The van der Waals surface area contributed by atoms with Gasteiger partial charge in [0.25, 0.3) is 0 Å². The molecule has 0 unspecified atom stereocenters. The summed E-state index contributed by atoms with van der Waals surface area (Å²) in [5.74, 6) is -0.136. The second kappa shape index (κ2) is 5.17. The molecule has 0 fully saturated rings. The third kappa shape index (κ3) is 2.33. The average molecular weight is 296 g/mol. The number of H-pyrrole nitrogens is 1. The molecule has 0 aliphatic rings. The van der Waals surface area contributed by atoms with E-state index in [1.165, 1.54) is 18.5 Å². The number of aromatic hydroxyl groups is 1. The first-order valence-electron chi connectivity index (χ1n) is 6.31. The van der Waals surface area contributed by atoms with Crippen LogP contribution in [0.15, 0.2) is 37.2 Å². The number of aromatic amines is 1. The number of anilines is 2. The minimum absolute atomic E-state index is 0.0246. The lowest BCUT2D eigenvalue weighted by molar-refractivity contribution is -0.111. The van der Waals surface area contributed by atoms with Crippen molar-refractivity contribution in [3.05, 3.63) is 37.2 Å². The first-order chi connectivity index (χ1) is 10.6. The van der Waals surface area contributed by atoms with Crippen molar-refractivity contribution in [2.24, 2.45) is 0 Å². The van der Waals surface area contributed by atoms with E-state index in [4.69, 9.17) is 5.73 Å². The summed E-state index contributed by atoms with van der Waals surface area (Å²) in [6.45, 7) is 3.38. The van der Waals surface area contributed by atoms with Crippen molar-refractivity contribution in [3.8, 4) is 17.0 Å². The van der Waals surface area contributed by atoms with E-state index in [1.54, 1.807) is 6.07 Å². The highest BCUT2D eigenvalue weighted by molar-refractivity contribution is 6.01. The van der Waals surface area contributed by atoms with E-state index in [0.717, 1.165) is 6.08 Å². The van der Waals surface area contributed by atoms with Gasteiger partial charge in [-0.1, -0.05) is 6.58 Å². The number of amides is 1. The van der Waals surface area contributed by atoms with E-state index in [-0.39, 0.29) is 17.5 Å². The van der Waals surface area contributed by atoms with Crippen LogP contribution in [0.1, 0.15) is 0 Å². The number of carbonyl (C=O) groups excluding carboxylic acids is 1. The summed E-state index contributed by atoms with van der Waals surface area (Å²) in [5, 5.41) is 19.9. The van der Waals surface area contributed by atoms with Gasteiger partial charge in [-0.05, 0) is 18.2 Å². The maximum Gasteiger partial charge on any atom is 0.247 e. The topological polar surface area (TPSA) is 130 Å². The molecule has 3 rings (SSSR count). The molecule has 22 heavy (non-hydrogen) atoms. The Morgan fingerprint density at radius 2 is 2.18 bits per heavy atom. The predicted octanol–water partition coefficient (Wildman–Crippen LogP) is 1.43. The van der Waals surface area contributed by atoms with Crippen LogP contribution in [0.5, 0.6) is 5.75 Å². The summed E-state index contributed by atoms with van der Waals surface area (Å²) < 4.78 is 0. The second-order valence-corrected chi connectivity index (χ2v) is 4.52. The summed E-state index contributed by atoms with van der Waals surface area (Å²) in [4.78, 5) is 19.4. The van der Waals surface area contributed by atoms with Crippen LogP contribution in [0, 0.1) is 0 Å². The van der Waals surface area contributed by atoms with Crippen molar-refractivity contribution in [2.45, 2.75) is 0 Å². The molecule has 0 atom stereocenters. The van der Waals surface area contributed by atoms with Crippen LogP contribution < -0.4 is 11.1 Å². The molecule has 110 valence electrons. The van der Waals surface area contributed by atoms with Gasteiger partial charge in [-0.25, -0.2) is 9.97 Å². The van der Waals surface area contributed by atoms with Crippen LogP contribution in [0.2, 0.25) is 0 Å². The molecule has 1 aromatic carbocycles. The van der Waals surface area contributed by atoms with E-state index in [1.807, 2.05) is 0 Å². The van der Waals surface area contributed by atoms with Gasteiger partial charge in [0.05, 0.1) is 5.39 Å². The van der Waals surface area contributed by atoms with Crippen molar-refractivity contribution in [3.63, 3.8) is 0 Å². The molecule has 0 saturated heterocycles. The summed E-state index contributed by atoms with van der Waals surface area (Å²) in [6.07, 6.45) is 2.47. The number of carbonyl (C=O) groups is 1. The zero-order valence-corrected chi connectivity index (χ0v) is 11.4. The van der Waals surface area contributed by atoms with E-state index in [0.29, 0.717) is 28.0 Å². The number of nitrogens with one attached hydrogen (secondary N) is 2. The van der Waals surface area contributed by atoms with Gasteiger partial charge in [-0.15, -0.1) is 0 Å². The summed E-state index contributed by atoms with van der Waals surface area (Å²) >= 11 is 0. The number of phenolic OH excluding ortho intramolecular Hbond substituents is 1. The molecule has 0 aliphatic heterocycles. The number of aromatic nitrogens is 4. The molecular formula is C14H12N6O2. The van der Waals surface area contributed by atoms with E-state index in [2.05, 4.69) is 32.1 Å². The first-order valence-corrected chi connectivity index (χ1v) is 6.31. The third-order valence-electron chi connectivity index (χ3n) is 3.03. The third-order valence-corrected chi connectivity index (χ3v) is 3.03. The smallest absolute Gasteiger partial charge is 0.247 e. The van der Waals surface area contributed by atoms with Gasteiger partial charge in [0, 0.05) is 17.3 Å². The van der Waals surface area contributed by atoms with E-state index in [9.17, 15) is 9.90 Å². The monoisotopic (exact) mass is 296 g/mol. The average Bonchev–Trinajstić information content (AvgIpc) is 2.92. The Morgan fingerprint density at radius 3 is 2.95 bits per heavy atom. The SMILES string of the molecule is C=CC(=O)Nc1cc(O)cc(-c2n[nH]c3ncnc(N)c23)c1. The Balaban J connectivity index is 2.14. The van der Waals surface area contributed by atoms with Gasteiger partial charge < -0.3 is 16.2 Å². The number of fused-ring (bicyclic) bond motifs is 1. The van der Waals surface area contributed by atoms with Gasteiger partial charge in [0.1, 0.15) is 23.6 Å². The number of nitrogens with two attached hydrogens (primary N) is 1. The van der Waals surface area contributed by atoms with Gasteiger partial charge in [-0.3, -0.25) is 9.89 Å². The molecule has 0 radical (unpaired) electrons. The summed E-state index contributed by atoms with van der Waals surface area (Å²) in [5.41, 5.74) is 7.80. The number of rotatable bonds is 3. The predicted molar refractivity (Wildman–Crippen MR) is 82.0 cm³/mol. The molecule has 2 heterocycles. The van der Waals surface area contributed by atoms with E-state index < -0.39 is 0 Å². The molecule has 5 N–H and O–H groups in total. The largest absolute Gasteiger partial charge is 0.508 e. The van der Waals surface area contributed by atoms with E-state index >= 15 is 0 Å². The Labute approximate surface area is 124 Å². The van der Waals surface area contributed by atoms with Gasteiger partial charge in [0.2, 0.25) is 5.91 Å². The van der Waals surface area contributed by atoms with Crippen molar-refractivity contribution in [1.29, 1.82) is 0 Å². The number of hydrogen-bond donors (Lipinski definition) is 4. The zero-order chi connectivity index (χ0) is 15.7. The maximum atomic E-state index is 11.4. The fraction of sp³-hybridized carbons (Fsp3) is 0. The van der Waals surface area contributed by atoms with Crippen molar-refractivity contribution in [1.82, 2.24) is 20.2 Å². The number of hydrogen-bond acceptors (Lipinski definition) is 6. The highest BCUT2D eigenvalue weighted by atomic mass is 16.3. The number of phenols is 1. The number of benzene rings is 1. The fourth-order valence-electron chi connectivity index (χ4n) is 2.10. The first kappa shape index (κ1) is 13.6. The van der Waals surface area contributed by atoms with Gasteiger partial charge in [0.15, 0.2) is 5.65 Å². The van der Waals surface area contributed by atoms with Crippen LogP contribution in [0.25, 0.3) is 22.3 Å². The lowest BCUT2D eigenvalue weighted by Gasteiger charge is -2.06. The highest BCUT2D eigenvalue weighted by Crippen LogP contribution is 2.32. The van der Waals surface area contributed by atoms with Gasteiger partial charge >= 0.3 is 0 Å². The van der Waals surface area contributed by atoms with Crippen LogP contribution in [0.4, 0.5) is 11.5 Å². The summed E-state index contributed by atoms with van der Waals surface area (Å²) in [6, 6.07) is 4.58. The van der Waals surface area contributed by atoms with Gasteiger partial charge in [-0.2, -0.15) is 5.10 Å². The molecule has 2 aromatic heterocycles. The highest BCUT2D eigenvalue weighted by Gasteiger charge is 2.14. The quantitative estimate of drug-likeness (QED) is 0.541. The van der Waals surface area contributed by atoms with Crippen molar-refractivity contribution >= 4 is 28.4 Å². The van der Waals surface area contributed by atoms with Crippen molar-refractivity contribution in [2.75, 3.05) is 11.1 Å². The fourth-order valence-corrected chi connectivity index (χ4v) is 2.10. The number of nitrogen functional groups attached to an aromatic ring is 1. The van der Waals surface area contributed by atoms with Crippen LogP contribution in [-0.2, 0) is 4.79 Å². The Kier molecular flexibility index (Phi) is 3.18. The molecule has 0 saturated carbocycles. The molecule has 1 amide bonds. The normalized spacial score (nSPS) is 10.5. The van der Waals surface area contributed by atoms with Crippen LogP contribution in [-0.4, -0.2) is 31.2 Å². The Morgan fingerprint density at radius 1 is 1.36 bits per heavy atom. The molecule has 0 bridgehead atoms. The molecule has 8 nitrogen and oxygen atoms in total. The summed E-state index contributed by atoms with van der Waals surface area (Å²) in [7, 11) is 0. The molecule has 0 aliphatic carbocycles. The molecule has 3 aromatic rings. The lowest BCUT2D eigenvalue weighted by Crippen LogP contribution is -2.07. The maximum absolute atomic E-state index is 11.4. The number of nitrogens with zero attached hydrogens (tertiary/aromatic N) is 3. The Bertz CT molecular complexity index is 886. The zero-order valence-electron chi connectivity index (χ0n) is 11.4.